The van der Waals surface area contributed by atoms with E-state index in [1.54, 1.807) is 0 Å². The van der Waals surface area contributed by atoms with Crippen molar-refractivity contribution in [1.82, 2.24) is 5.32 Å². The second-order valence-corrected chi connectivity index (χ2v) is 5.95. The molecule has 0 atom stereocenters. The van der Waals surface area contributed by atoms with Gasteiger partial charge in [0.25, 0.3) is 0 Å². The first-order chi connectivity index (χ1) is 7.35. The van der Waals surface area contributed by atoms with Crippen molar-refractivity contribution in [1.29, 1.82) is 0 Å². The Balaban J connectivity index is 0. The molecule has 0 amide bonds. The second kappa shape index (κ2) is 8.45. The molecule has 2 N–H and O–H groups in total. The number of hydrogen-bond donors (Lipinski definition) is 2. The summed E-state index contributed by atoms with van der Waals surface area (Å²) in [6, 6.07) is 0. The largest absolute Gasteiger partial charge is 1.00 e. The molecule has 0 spiro atoms. The summed E-state index contributed by atoms with van der Waals surface area (Å²) in [5.74, 6) is 0. The van der Waals surface area contributed by atoms with Gasteiger partial charge in [-0.2, -0.15) is 0 Å². The molecule has 0 heterocycles. The molecule has 0 unspecified atom stereocenters. The maximum Gasteiger partial charge on any atom is -1.00 e. The number of hydrogen-bond acceptors (Lipinski definition) is 2. The standard InChI is InChI=1S/C13H20NO.2ClH.Ti/c1-10(7-8-15)11-5-6-12(9-11)14-13(2,3)4;;;/h5-6,14-15H,7-8H2,1-4H3;2*1H;/q;;;+2/p-2. The summed E-state index contributed by atoms with van der Waals surface area (Å²) in [4.78, 5) is 0. The van der Waals surface area contributed by atoms with Crippen LogP contribution in [0.15, 0.2) is 32.9 Å². The van der Waals surface area contributed by atoms with Gasteiger partial charge >= 0.3 is 110 Å². The minimum Gasteiger partial charge on any atom is -1.00 e. The number of allylic oxidation sites excluding steroid dienone is 4. The Morgan fingerprint density at radius 3 is 2.28 bits per heavy atom. The molecule has 0 fully saturated rings. The molecule has 5 heteroatoms. The molecule has 0 saturated heterocycles. The topological polar surface area (TPSA) is 32.3 Å². The van der Waals surface area contributed by atoms with Crippen LogP contribution in [-0.4, -0.2) is 17.3 Å². The summed E-state index contributed by atoms with van der Waals surface area (Å²) in [7, 11) is 0. The van der Waals surface area contributed by atoms with Crippen LogP contribution in [0.4, 0.5) is 0 Å². The van der Waals surface area contributed by atoms with Gasteiger partial charge in [-0.1, -0.05) is 0 Å². The van der Waals surface area contributed by atoms with Crippen molar-refractivity contribution in [2.45, 2.75) is 39.7 Å². The van der Waals surface area contributed by atoms with Gasteiger partial charge in [0.15, 0.2) is 0 Å². The van der Waals surface area contributed by atoms with E-state index in [0.717, 1.165) is 6.42 Å². The summed E-state index contributed by atoms with van der Waals surface area (Å²) >= 11 is 2.13. The first-order valence-electron chi connectivity index (χ1n) is 5.58. The van der Waals surface area contributed by atoms with Crippen LogP contribution in [0.2, 0.25) is 0 Å². The fourth-order valence-corrected chi connectivity index (χ4v) is 2.34. The Morgan fingerprint density at radius 1 is 1.28 bits per heavy atom. The van der Waals surface area contributed by atoms with Crippen molar-refractivity contribution in [3.8, 4) is 0 Å². The van der Waals surface area contributed by atoms with Crippen LogP contribution >= 0.6 is 0 Å². The van der Waals surface area contributed by atoms with E-state index in [4.69, 9.17) is 5.11 Å². The third-order valence-electron chi connectivity index (χ3n) is 2.41. The molecule has 0 aromatic carbocycles. The van der Waals surface area contributed by atoms with Crippen molar-refractivity contribution in [3.63, 3.8) is 0 Å². The average molecular weight is 325 g/mol. The Bertz CT molecular complexity index is 368. The zero-order chi connectivity index (χ0) is 12.3. The Kier molecular flexibility index (Phi) is 9.66. The van der Waals surface area contributed by atoms with E-state index in [9.17, 15) is 0 Å². The molecule has 2 nitrogen and oxygen atoms in total. The normalized spacial score (nSPS) is 17.3. The summed E-state index contributed by atoms with van der Waals surface area (Å²) in [6.07, 6.45) is 5.00. The predicted molar refractivity (Wildman–Crippen MR) is 63.5 cm³/mol. The Hall–Kier alpha value is 0.274. The molecular formula is C13H20Cl2NOTi. The van der Waals surface area contributed by atoms with Crippen molar-refractivity contribution in [3.05, 3.63) is 32.9 Å². The number of rotatable bonds is 3. The first kappa shape index (κ1) is 20.6. The van der Waals surface area contributed by atoms with E-state index in [1.165, 1.54) is 20.7 Å². The van der Waals surface area contributed by atoms with Crippen molar-refractivity contribution in [2.75, 3.05) is 6.61 Å². The van der Waals surface area contributed by atoms with Crippen LogP contribution in [-0.2, 0) is 20.4 Å². The monoisotopic (exact) mass is 324 g/mol. The summed E-state index contributed by atoms with van der Waals surface area (Å²) in [5, 5.41) is 12.4. The molecule has 1 rings (SSSR count). The van der Waals surface area contributed by atoms with Gasteiger partial charge in [-0.25, -0.2) is 0 Å². The molecular weight excluding hydrogens is 305 g/mol. The molecule has 1 aliphatic rings. The Morgan fingerprint density at radius 2 is 1.83 bits per heavy atom. The third kappa shape index (κ3) is 5.94. The molecule has 1 aliphatic carbocycles. The second-order valence-electron chi connectivity index (χ2n) is 5.16. The van der Waals surface area contributed by atoms with E-state index >= 15 is 0 Å². The SMILES string of the molecule is CC(CCO)=C1C=CC(NC(C)(C)C)=[C]1[Ti+2].[Cl-].[Cl-]. The average Bonchev–Trinajstić information content (AvgIpc) is 2.46. The van der Waals surface area contributed by atoms with E-state index < -0.39 is 0 Å². The Labute approximate surface area is 134 Å². The molecule has 0 saturated carbocycles. The van der Waals surface area contributed by atoms with Crippen LogP contribution in [0.25, 0.3) is 0 Å². The zero-order valence-corrected chi connectivity index (χ0v) is 14.3. The van der Waals surface area contributed by atoms with Crippen LogP contribution in [0.5, 0.6) is 0 Å². The minimum absolute atomic E-state index is 0. The van der Waals surface area contributed by atoms with Crippen LogP contribution in [0.1, 0.15) is 34.1 Å². The molecule has 18 heavy (non-hydrogen) atoms. The minimum atomic E-state index is 0. The van der Waals surface area contributed by atoms with E-state index in [2.05, 4.69) is 65.6 Å². The molecule has 0 aromatic heterocycles. The quantitative estimate of drug-likeness (QED) is 0.526. The van der Waals surface area contributed by atoms with Crippen LogP contribution < -0.4 is 30.1 Å². The molecule has 101 valence electrons. The molecule has 0 bridgehead atoms. The van der Waals surface area contributed by atoms with Gasteiger partial charge < -0.3 is 24.8 Å². The fraction of sp³-hybridized carbons (Fsp3) is 0.538. The molecule has 0 aromatic rings. The predicted octanol–water partition coefficient (Wildman–Crippen LogP) is -3.59. The van der Waals surface area contributed by atoms with E-state index in [0.29, 0.717) is 0 Å². The van der Waals surface area contributed by atoms with Gasteiger partial charge in [-0.05, 0) is 0 Å². The molecule has 0 aliphatic heterocycles. The molecule has 0 radical (unpaired) electrons. The van der Waals surface area contributed by atoms with Crippen LogP contribution in [0.3, 0.4) is 0 Å². The summed E-state index contributed by atoms with van der Waals surface area (Å²) in [6.45, 7) is 8.77. The van der Waals surface area contributed by atoms with Gasteiger partial charge in [-0.15, -0.1) is 0 Å². The van der Waals surface area contributed by atoms with Crippen molar-refractivity contribution < 1.29 is 50.4 Å². The summed E-state index contributed by atoms with van der Waals surface area (Å²) in [5.41, 5.74) is 3.80. The third-order valence-corrected chi connectivity index (χ3v) is 3.25. The fourth-order valence-electron chi connectivity index (χ4n) is 1.64. The smallest absolute Gasteiger partial charge is 1.00 e. The van der Waals surface area contributed by atoms with Gasteiger partial charge in [0.1, 0.15) is 0 Å². The van der Waals surface area contributed by atoms with Crippen molar-refractivity contribution >= 4 is 0 Å². The van der Waals surface area contributed by atoms with E-state index in [-0.39, 0.29) is 37.0 Å². The van der Waals surface area contributed by atoms with Gasteiger partial charge in [0, 0.05) is 0 Å². The maximum atomic E-state index is 8.95. The number of nitrogens with one attached hydrogen (secondary N) is 1. The number of aliphatic hydroxyl groups excluding tert-OH is 1. The first-order valence-corrected chi connectivity index (χ1v) is 6.36. The maximum absolute atomic E-state index is 8.95. The van der Waals surface area contributed by atoms with Crippen molar-refractivity contribution in [2.24, 2.45) is 0 Å². The van der Waals surface area contributed by atoms with E-state index in [1.807, 2.05) is 0 Å². The zero-order valence-electron chi connectivity index (χ0n) is 11.3. The van der Waals surface area contributed by atoms with Gasteiger partial charge in [0.05, 0.1) is 0 Å². The van der Waals surface area contributed by atoms with Crippen LogP contribution in [0, 0.1) is 0 Å². The number of aliphatic hydroxyl groups is 1. The number of halogens is 2. The summed E-state index contributed by atoms with van der Waals surface area (Å²) < 4.78 is 1.28. The van der Waals surface area contributed by atoms with Gasteiger partial charge in [-0.3, -0.25) is 0 Å². The van der Waals surface area contributed by atoms with Gasteiger partial charge in [0.2, 0.25) is 0 Å².